The molecule has 0 radical (unpaired) electrons. The number of nitrogens with zero attached hydrogens (tertiary/aromatic N) is 3. The minimum absolute atomic E-state index is 0.196. The monoisotopic (exact) mass is 379 g/mol. The van der Waals surface area contributed by atoms with Crippen molar-refractivity contribution in [2.75, 3.05) is 10.7 Å². The molecular formula is C13H23Br2N3. The summed E-state index contributed by atoms with van der Waals surface area (Å²) in [4.78, 5) is 4.44. The van der Waals surface area contributed by atoms with Gasteiger partial charge < -0.3 is 0 Å². The number of halogens is 2. The van der Waals surface area contributed by atoms with Crippen molar-refractivity contribution >= 4 is 31.9 Å². The van der Waals surface area contributed by atoms with Crippen LogP contribution in [0.4, 0.5) is 0 Å². The second-order valence-electron chi connectivity index (χ2n) is 5.71. The summed E-state index contributed by atoms with van der Waals surface area (Å²) in [7, 11) is 0. The van der Waals surface area contributed by atoms with Crippen LogP contribution in [0, 0.1) is 17.3 Å². The van der Waals surface area contributed by atoms with Crippen LogP contribution >= 0.6 is 31.9 Å². The third-order valence-electron chi connectivity index (χ3n) is 3.50. The second-order valence-corrected chi connectivity index (χ2v) is 6.83. The lowest BCUT2D eigenvalue weighted by molar-refractivity contribution is 0.256. The van der Waals surface area contributed by atoms with Gasteiger partial charge in [0.2, 0.25) is 0 Å². The molecule has 0 unspecified atom stereocenters. The molecule has 0 aliphatic rings. The fraction of sp³-hybridized carbons (Fsp3) is 0.846. The van der Waals surface area contributed by atoms with E-state index >= 15 is 0 Å². The van der Waals surface area contributed by atoms with Crippen LogP contribution in [-0.4, -0.2) is 25.4 Å². The van der Waals surface area contributed by atoms with Crippen molar-refractivity contribution in [3.8, 4) is 0 Å². The van der Waals surface area contributed by atoms with Crippen molar-refractivity contribution in [1.29, 1.82) is 0 Å². The van der Waals surface area contributed by atoms with Crippen LogP contribution in [-0.2, 0) is 13.0 Å². The Kier molecular flexibility index (Phi) is 6.31. The number of hydrogen-bond donors (Lipinski definition) is 0. The van der Waals surface area contributed by atoms with Crippen molar-refractivity contribution in [1.82, 2.24) is 14.8 Å². The van der Waals surface area contributed by atoms with Gasteiger partial charge in [0.15, 0.2) is 0 Å². The molecule has 0 fully saturated rings. The van der Waals surface area contributed by atoms with Gasteiger partial charge in [-0.25, -0.2) is 9.67 Å². The van der Waals surface area contributed by atoms with E-state index in [9.17, 15) is 0 Å². The highest BCUT2D eigenvalue weighted by Crippen LogP contribution is 2.35. The molecule has 0 spiro atoms. The third-order valence-corrected chi connectivity index (χ3v) is 5.73. The van der Waals surface area contributed by atoms with E-state index in [1.807, 2.05) is 4.68 Å². The first-order valence-corrected chi connectivity index (χ1v) is 8.68. The molecule has 1 aromatic heterocycles. The Bertz CT molecular complexity index is 357. The van der Waals surface area contributed by atoms with E-state index in [1.165, 1.54) is 0 Å². The summed E-state index contributed by atoms with van der Waals surface area (Å²) in [6.45, 7) is 9.89. The van der Waals surface area contributed by atoms with Crippen LogP contribution in [0.25, 0.3) is 0 Å². The predicted molar refractivity (Wildman–Crippen MR) is 83.4 cm³/mol. The maximum absolute atomic E-state index is 4.44. The minimum atomic E-state index is 0.196. The SMILES string of the molecule is CC(C)Cn1ncnc1CC(CBr)(CBr)C(C)C. The molecule has 0 atom stereocenters. The molecule has 18 heavy (non-hydrogen) atoms. The zero-order valence-electron chi connectivity index (χ0n) is 11.7. The Morgan fingerprint density at radius 3 is 2.28 bits per heavy atom. The molecule has 3 nitrogen and oxygen atoms in total. The zero-order valence-corrected chi connectivity index (χ0v) is 14.8. The van der Waals surface area contributed by atoms with Gasteiger partial charge in [0.25, 0.3) is 0 Å². The minimum Gasteiger partial charge on any atom is -0.250 e. The van der Waals surface area contributed by atoms with Crippen LogP contribution in [0.5, 0.6) is 0 Å². The smallest absolute Gasteiger partial charge is 0.138 e. The van der Waals surface area contributed by atoms with Gasteiger partial charge in [0.1, 0.15) is 12.2 Å². The van der Waals surface area contributed by atoms with Gasteiger partial charge in [-0.3, -0.25) is 0 Å². The Morgan fingerprint density at radius 1 is 1.22 bits per heavy atom. The fourth-order valence-electron chi connectivity index (χ4n) is 1.88. The standard InChI is InChI=1S/C13H23Br2N3/c1-10(2)6-18-12(16-9-17-18)5-13(7-14,8-15)11(3)4/h9-11H,5-8H2,1-4H3. The van der Waals surface area contributed by atoms with E-state index in [0.29, 0.717) is 11.8 Å². The Morgan fingerprint density at radius 2 is 1.83 bits per heavy atom. The average molecular weight is 381 g/mol. The van der Waals surface area contributed by atoms with Crippen molar-refractivity contribution in [2.24, 2.45) is 17.3 Å². The maximum atomic E-state index is 4.44. The molecule has 0 aromatic carbocycles. The van der Waals surface area contributed by atoms with Gasteiger partial charge in [-0.05, 0) is 17.3 Å². The molecule has 0 bridgehead atoms. The lowest BCUT2D eigenvalue weighted by Crippen LogP contribution is -2.35. The molecule has 0 amide bonds. The first kappa shape index (κ1) is 16.2. The van der Waals surface area contributed by atoms with Crippen LogP contribution in [0.15, 0.2) is 6.33 Å². The number of hydrogen-bond acceptors (Lipinski definition) is 2. The largest absolute Gasteiger partial charge is 0.250 e. The highest BCUT2D eigenvalue weighted by Gasteiger charge is 2.33. The highest BCUT2D eigenvalue weighted by molar-refractivity contribution is 9.09. The lowest BCUT2D eigenvalue weighted by Gasteiger charge is -2.34. The molecule has 0 aliphatic heterocycles. The lowest BCUT2D eigenvalue weighted by atomic mass is 9.78. The summed E-state index contributed by atoms with van der Waals surface area (Å²) >= 11 is 7.34. The van der Waals surface area contributed by atoms with E-state index in [-0.39, 0.29) is 5.41 Å². The van der Waals surface area contributed by atoms with E-state index in [4.69, 9.17) is 0 Å². The molecule has 0 saturated carbocycles. The molecular weight excluding hydrogens is 358 g/mol. The molecule has 0 N–H and O–H groups in total. The van der Waals surface area contributed by atoms with Crippen molar-refractivity contribution in [3.05, 3.63) is 12.2 Å². The molecule has 1 rings (SSSR count). The van der Waals surface area contributed by atoms with E-state index in [0.717, 1.165) is 29.5 Å². The summed E-state index contributed by atoms with van der Waals surface area (Å²) in [5.41, 5.74) is 0.196. The van der Waals surface area contributed by atoms with Gasteiger partial charge in [-0.1, -0.05) is 59.6 Å². The van der Waals surface area contributed by atoms with E-state index in [1.54, 1.807) is 6.33 Å². The molecule has 5 heteroatoms. The fourth-order valence-corrected chi connectivity index (χ4v) is 4.50. The Hall–Kier alpha value is 0.100. The Labute approximate surface area is 127 Å². The van der Waals surface area contributed by atoms with Crippen LogP contribution < -0.4 is 0 Å². The summed E-state index contributed by atoms with van der Waals surface area (Å²) < 4.78 is 2.05. The predicted octanol–water partition coefficient (Wildman–Crippen LogP) is 3.91. The molecule has 104 valence electrons. The average Bonchev–Trinajstić information content (AvgIpc) is 2.72. The Balaban J connectivity index is 2.91. The van der Waals surface area contributed by atoms with E-state index < -0.39 is 0 Å². The first-order chi connectivity index (χ1) is 8.45. The zero-order chi connectivity index (χ0) is 13.8. The van der Waals surface area contributed by atoms with Crippen molar-refractivity contribution < 1.29 is 0 Å². The summed E-state index contributed by atoms with van der Waals surface area (Å²) in [5.74, 6) is 2.27. The number of alkyl halides is 2. The maximum Gasteiger partial charge on any atom is 0.138 e. The number of aromatic nitrogens is 3. The van der Waals surface area contributed by atoms with Crippen molar-refractivity contribution in [2.45, 2.75) is 40.7 Å². The topological polar surface area (TPSA) is 30.7 Å². The van der Waals surface area contributed by atoms with Gasteiger partial charge in [-0.2, -0.15) is 5.10 Å². The van der Waals surface area contributed by atoms with Gasteiger partial charge in [-0.15, -0.1) is 0 Å². The van der Waals surface area contributed by atoms with Crippen molar-refractivity contribution in [3.63, 3.8) is 0 Å². The van der Waals surface area contributed by atoms with E-state index in [2.05, 4.69) is 69.6 Å². The molecule has 1 aromatic rings. The van der Waals surface area contributed by atoms with Gasteiger partial charge >= 0.3 is 0 Å². The second kappa shape index (κ2) is 7.04. The summed E-state index contributed by atoms with van der Waals surface area (Å²) in [6, 6.07) is 0. The van der Waals surface area contributed by atoms with Gasteiger partial charge in [0.05, 0.1) is 0 Å². The number of rotatable bonds is 7. The molecule has 1 heterocycles. The van der Waals surface area contributed by atoms with Crippen LogP contribution in [0.1, 0.15) is 33.5 Å². The molecule has 0 saturated heterocycles. The summed E-state index contributed by atoms with van der Waals surface area (Å²) in [5, 5.41) is 6.28. The summed E-state index contributed by atoms with van der Waals surface area (Å²) in [6.07, 6.45) is 2.62. The first-order valence-electron chi connectivity index (χ1n) is 6.43. The molecule has 0 aliphatic carbocycles. The van der Waals surface area contributed by atoms with Gasteiger partial charge in [0, 0.05) is 23.6 Å². The highest BCUT2D eigenvalue weighted by atomic mass is 79.9. The third kappa shape index (κ3) is 3.80. The van der Waals surface area contributed by atoms with Crippen LogP contribution in [0.3, 0.4) is 0 Å². The van der Waals surface area contributed by atoms with Crippen LogP contribution in [0.2, 0.25) is 0 Å². The normalized spacial score (nSPS) is 12.7. The quantitative estimate of drug-likeness (QED) is 0.671.